The van der Waals surface area contributed by atoms with Crippen LogP contribution in [0, 0.1) is 5.92 Å². The topological polar surface area (TPSA) is 50.4 Å². The Bertz CT molecular complexity index is 464. The van der Waals surface area contributed by atoms with Gasteiger partial charge in [0.05, 0.1) is 0 Å². The number of halogens is 1. The molecule has 0 fully saturated rings. The molecule has 1 rings (SSSR count). The second kappa shape index (κ2) is 9.05. The number of rotatable bonds is 8. The van der Waals surface area contributed by atoms with Crippen LogP contribution in [0.25, 0.3) is 0 Å². The summed E-state index contributed by atoms with van der Waals surface area (Å²) < 4.78 is 6.76. The number of hydrogen-bond acceptors (Lipinski definition) is 3. The van der Waals surface area contributed by atoms with Crippen LogP contribution in [0.2, 0.25) is 0 Å². The summed E-state index contributed by atoms with van der Waals surface area (Å²) in [6, 6.07) is 5.77. The van der Waals surface area contributed by atoms with Gasteiger partial charge in [-0.05, 0) is 43.1 Å². The van der Waals surface area contributed by atoms with Gasteiger partial charge < -0.3 is 15.4 Å². The average Bonchev–Trinajstić information content (AvgIpc) is 2.45. The Hall–Kier alpha value is -1.07. The Morgan fingerprint density at radius 2 is 2.05 bits per heavy atom. The predicted octanol–water partition coefficient (Wildman–Crippen LogP) is 3.10. The lowest BCUT2D eigenvalue weighted by molar-refractivity contribution is -0.127. The Kier molecular flexibility index (Phi) is 7.75. The fraction of sp³-hybridized carbons (Fsp3) is 0.562. The molecular weight excluding hydrogens is 332 g/mol. The van der Waals surface area contributed by atoms with Crippen molar-refractivity contribution in [1.29, 1.82) is 0 Å². The van der Waals surface area contributed by atoms with Crippen molar-refractivity contribution in [2.24, 2.45) is 5.92 Å². The first-order valence-electron chi connectivity index (χ1n) is 7.37. The molecule has 0 saturated heterocycles. The molecule has 0 aromatic heterocycles. The maximum Gasteiger partial charge on any atom is 0.260 e. The predicted molar refractivity (Wildman–Crippen MR) is 89.5 cm³/mol. The summed E-state index contributed by atoms with van der Waals surface area (Å²) in [6.45, 7) is 10.3. The number of ether oxygens (including phenoxy) is 1. The molecule has 1 aromatic carbocycles. The summed E-state index contributed by atoms with van der Waals surface area (Å²) in [6.07, 6.45) is -0.503. The van der Waals surface area contributed by atoms with Crippen LogP contribution in [-0.2, 0) is 11.3 Å². The molecule has 0 aliphatic rings. The van der Waals surface area contributed by atoms with E-state index in [2.05, 4.69) is 47.3 Å². The van der Waals surface area contributed by atoms with E-state index in [1.54, 1.807) is 6.92 Å². The second-order valence-corrected chi connectivity index (χ2v) is 6.29. The molecule has 1 aromatic rings. The maximum absolute atomic E-state index is 11.9. The zero-order valence-electron chi connectivity index (χ0n) is 13.2. The highest BCUT2D eigenvalue weighted by Crippen LogP contribution is 2.23. The van der Waals surface area contributed by atoms with Crippen LogP contribution in [0.5, 0.6) is 5.75 Å². The van der Waals surface area contributed by atoms with E-state index < -0.39 is 6.10 Å². The third-order valence-corrected chi connectivity index (χ3v) is 3.72. The Balaban J connectivity index is 2.63. The van der Waals surface area contributed by atoms with Crippen LogP contribution in [0.4, 0.5) is 0 Å². The molecule has 5 heteroatoms. The summed E-state index contributed by atoms with van der Waals surface area (Å²) in [5.74, 6) is 1.05. The van der Waals surface area contributed by atoms with Crippen LogP contribution in [0.1, 0.15) is 33.3 Å². The zero-order chi connectivity index (χ0) is 15.8. The molecule has 1 atom stereocenters. The van der Waals surface area contributed by atoms with Gasteiger partial charge in [-0.3, -0.25) is 4.79 Å². The first kappa shape index (κ1) is 18.0. The molecule has 4 nitrogen and oxygen atoms in total. The van der Waals surface area contributed by atoms with Crippen molar-refractivity contribution in [3.05, 3.63) is 28.2 Å². The maximum atomic E-state index is 11.9. The highest BCUT2D eigenvalue weighted by molar-refractivity contribution is 9.10. The molecule has 0 spiro atoms. The molecule has 0 bridgehead atoms. The van der Waals surface area contributed by atoms with Gasteiger partial charge in [0.1, 0.15) is 5.75 Å². The van der Waals surface area contributed by atoms with E-state index in [0.717, 1.165) is 23.1 Å². The molecule has 0 aliphatic heterocycles. The Morgan fingerprint density at radius 3 is 2.67 bits per heavy atom. The largest absolute Gasteiger partial charge is 0.481 e. The third-order valence-electron chi connectivity index (χ3n) is 2.95. The van der Waals surface area contributed by atoms with Gasteiger partial charge in [-0.2, -0.15) is 0 Å². The molecule has 1 amide bonds. The lowest BCUT2D eigenvalue weighted by Gasteiger charge is -2.16. The van der Waals surface area contributed by atoms with Crippen molar-refractivity contribution in [2.45, 2.75) is 40.3 Å². The van der Waals surface area contributed by atoms with Gasteiger partial charge in [0.15, 0.2) is 6.10 Å². The number of benzene rings is 1. The van der Waals surface area contributed by atoms with Crippen LogP contribution < -0.4 is 15.4 Å². The number of carbonyl (C=O) groups excluding carboxylic acids is 1. The fourth-order valence-corrected chi connectivity index (χ4v) is 2.11. The third kappa shape index (κ3) is 6.48. The highest BCUT2D eigenvalue weighted by Gasteiger charge is 2.15. The normalized spacial score (nSPS) is 12.3. The molecule has 0 radical (unpaired) electrons. The minimum atomic E-state index is -0.503. The van der Waals surface area contributed by atoms with E-state index in [-0.39, 0.29) is 5.91 Å². The SMILES string of the molecule is CCNCc1cc(OC(C)C(=O)NCC(C)C)ccc1Br. The van der Waals surface area contributed by atoms with Crippen molar-refractivity contribution < 1.29 is 9.53 Å². The number of hydrogen-bond donors (Lipinski definition) is 2. The minimum Gasteiger partial charge on any atom is -0.481 e. The minimum absolute atomic E-state index is 0.0835. The van der Waals surface area contributed by atoms with Crippen molar-refractivity contribution in [1.82, 2.24) is 10.6 Å². The average molecular weight is 357 g/mol. The lowest BCUT2D eigenvalue weighted by Crippen LogP contribution is -2.38. The molecule has 2 N–H and O–H groups in total. The zero-order valence-corrected chi connectivity index (χ0v) is 14.8. The van der Waals surface area contributed by atoms with E-state index in [9.17, 15) is 4.79 Å². The molecule has 21 heavy (non-hydrogen) atoms. The smallest absolute Gasteiger partial charge is 0.260 e. The quantitative estimate of drug-likeness (QED) is 0.752. The first-order valence-corrected chi connectivity index (χ1v) is 8.16. The first-order chi connectivity index (χ1) is 9.93. The number of nitrogens with one attached hydrogen (secondary N) is 2. The van der Waals surface area contributed by atoms with E-state index in [1.807, 2.05) is 18.2 Å². The molecule has 0 heterocycles. The second-order valence-electron chi connectivity index (χ2n) is 5.43. The van der Waals surface area contributed by atoms with E-state index in [1.165, 1.54) is 0 Å². The van der Waals surface area contributed by atoms with E-state index >= 15 is 0 Å². The van der Waals surface area contributed by atoms with E-state index in [0.29, 0.717) is 18.2 Å². The molecule has 0 saturated carbocycles. The lowest BCUT2D eigenvalue weighted by atomic mass is 10.2. The van der Waals surface area contributed by atoms with E-state index in [4.69, 9.17) is 4.74 Å². The Morgan fingerprint density at radius 1 is 1.33 bits per heavy atom. The molecule has 1 unspecified atom stereocenters. The summed E-state index contributed by atoms with van der Waals surface area (Å²) >= 11 is 3.52. The summed E-state index contributed by atoms with van der Waals surface area (Å²) in [4.78, 5) is 11.9. The fourth-order valence-electron chi connectivity index (χ4n) is 1.73. The van der Waals surface area contributed by atoms with Crippen molar-refractivity contribution >= 4 is 21.8 Å². The van der Waals surface area contributed by atoms with Gasteiger partial charge in [-0.1, -0.05) is 36.7 Å². The van der Waals surface area contributed by atoms with Crippen molar-refractivity contribution in [3.8, 4) is 5.75 Å². The van der Waals surface area contributed by atoms with Gasteiger partial charge in [0.2, 0.25) is 0 Å². The Labute approximate surface area is 135 Å². The summed E-state index contributed by atoms with van der Waals surface area (Å²) in [5.41, 5.74) is 1.11. The van der Waals surface area contributed by atoms with Crippen LogP contribution in [0.3, 0.4) is 0 Å². The van der Waals surface area contributed by atoms with Crippen LogP contribution in [-0.4, -0.2) is 25.1 Å². The monoisotopic (exact) mass is 356 g/mol. The molecular formula is C16H25BrN2O2. The van der Waals surface area contributed by atoms with Crippen LogP contribution >= 0.6 is 15.9 Å². The number of amides is 1. The van der Waals surface area contributed by atoms with Gasteiger partial charge >= 0.3 is 0 Å². The standard InChI is InChI=1S/C16H25BrN2O2/c1-5-18-10-13-8-14(6-7-15(13)17)21-12(4)16(20)19-9-11(2)3/h6-8,11-12,18H,5,9-10H2,1-4H3,(H,19,20). The van der Waals surface area contributed by atoms with Gasteiger partial charge in [-0.25, -0.2) is 0 Å². The van der Waals surface area contributed by atoms with Gasteiger partial charge in [0.25, 0.3) is 5.91 Å². The van der Waals surface area contributed by atoms with Crippen LogP contribution in [0.15, 0.2) is 22.7 Å². The molecule has 118 valence electrons. The van der Waals surface area contributed by atoms with Gasteiger partial charge in [0, 0.05) is 17.6 Å². The summed E-state index contributed by atoms with van der Waals surface area (Å²) in [5, 5.41) is 6.15. The van der Waals surface area contributed by atoms with Crippen molar-refractivity contribution in [3.63, 3.8) is 0 Å². The summed E-state index contributed by atoms with van der Waals surface area (Å²) in [7, 11) is 0. The van der Waals surface area contributed by atoms with Gasteiger partial charge in [-0.15, -0.1) is 0 Å². The van der Waals surface area contributed by atoms with Crippen molar-refractivity contribution in [2.75, 3.05) is 13.1 Å². The number of carbonyl (C=O) groups is 1. The molecule has 0 aliphatic carbocycles. The highest BCUT2D eigenvalue weighted by atomic mass is 79.9.